The van der Waals surface area contributed by atoms with Gasteiger partial charge in [0.15, 0.2) is 5.82 Å². The third-order valence-corrected chi connectivity index (χ3v) is 3.57. The van der Waals surface area contributed by atoms with Gasteiger partial charge in [-0.2, -0.15) is 4.68 Å². The summed E-state index contributed by atoms with van der Waals surface area (Å²) in [6.45, 7) is 0. The molecule has 90 valence electrons. The Morgan fingerprint density at radius 2 is 2.00 bits per heavy atom. The van der Waals surface area contributed by atoms with Crippen molar-refractivity contribution in [1.29, 1.82) is 0 Å². The van der Waals surface area contributed by atoms with Crippen LogP contribution in [0.25, 0.3) is 16.4 Å². The molecule has 0 aliphatic carbocycles. The van der Waals surface area contributed by atoms with E-state index in [2.05, 4.69) is 10.1 Å². The third-order valence-electron chi connectivity index (χ3n) is 2.44. The Morgan fingerprint density at radius 3 is 2.67 bits per heavy atom. The second-order valence-electron chi connectivity index (χ2n) is 3.64. The molecule has 0 unspecified atom stereocenters. The molecule has 2 heterocycles. The highest BCUT2D eigenvalue weighted by Crippen LogP contribution is 2.20. The predicted octanol–water partition coefficient (Wildman–Crippen LogP) is 2.94. The highest BCUT2D eigenvalue weighted by Gasteiger charge is 2.09. The molecule has 0 aliphatic heterocycles. The first-order valence-corrected chi connectivity index (χ1v) is 6.49. The van der Waals surface area contributed by atoms with E-state index in [4.69, 9.17) is 11.6 Å². The fourth-order valence-electron chi connectivity index (χ4n) is 1.61. The number of nitrogens with one attached hydrogen (secondary N) is 1. The zero-order valence-corrected chi connectivity index (χ0v) is 10.7. The summed E-state index contributed by atoms with van der Waals surface area (Å²) in [5.41, 5.74) is 0.421. The lowest BCUT2D eigenvalue weighted by atomic mass is 10.3. The maximum absolute atomic E-state index is 11.8. The van der Waals surface area contributed by atoms with Gasteiger partial charge in [0, 0.05) is 5.02 Å². The fraction of sp³-hybridized carbons (Fsp3) is 0. The van der Waals surface area contributed by atoms with Gasteiger partial charge in [0.25, 0.3) is 0 Å². The van der Waals surface area contributed by atoms with Crippen LogP contribution in [-0.4, -0.2) is 14.8 Å². The first kappa shape index (κ1) is 11.3. The number of halogens is 1. The molecule has 6 heteroatoms. The Labute approximate surface area is 111 Å². The van der Waals surface area contributed by atoms with E-state index in [-0.39, 0.29) is 5.69 Å². The molecule has 1 aromatic carbocycles. The van der Waals surface area contributed by atoms with Crippen LogP contribution in [0.1, 0.15) is 0 Å². The van der Waals surface area contributed by atoms with Crippen molar-refractivity contribution in [2.75, 3.05) is 0 Å². The molecule has 0 amide bonds. The summed E-state index contributed by atoms with van der Waals surface area (Å²) in [7, 11) is 0. The van der Waals surface area contributed by atoms with Crippen LogP contribution in [0.2, 0.25) is 5.02 Å². The molecule has 0 spiro atoms. The molecule has 0 bridgehead atoms. The van der Waals surface area contributed by atoms with E-state index in [1.54, 1.807) is 24.3 Å². The molecule has 18 heavy (non-hydrogen) atoms. The molecule has 0 saturated heterocycles. The Bertz CT molecular complexity index is 713. The van der Waals surface area contributed by atoms with Crippen molar-refractivity contribution in [3.63, 3.8) is 0 Å². The zero-order valence-electron chi connectivity index (χ0n) is 9.13. The van der Waals surface area contributed by atoms with Gasteiger partial charge in [0.2, 0.25) is 0 Å². The van der Waals surface area contributed by atoms with Gasteiger partial charge >= 0.3 is 5.69 Å². The number of rotatable bonds is 2. The highest BCUT2D eigenvalue weighted by molar-refractivity contribution is 7.13. The van der Waals surface area contributed by atoms with Crippen LogP contribution < -0.4 is 5.69 Å². The van der Waals surface area contributed by atoms with E-state index in [0.717, 1.165) is 4.88 Å². The number of H-pyrrole nitrogens is 1. The van der Waals surface area contributed by atoms with Gasteiger partial charge in [-0.3, -0.25) is 4.98 Å². The van der Waals surface area contributed by atoms with Crippen LogP contribution in [0.4, 0.5) is 0 Å². The Hall–Kier alpha value is -1.85. The van der Waals surface area contributed by atoms with Gasteiger partial charge in [-0.05, 0) is 35.7 Å². The average molecular weight is 278 g/mol. The van der Waals surface area contributed by atoms with Crippen molar-refractivity contribution < 1.29 is 0 Å². The molecule has 0 saturated carbocycles. The lowest BCUT2D eigenvalue weighted by Gasteiger charge is -1.98. The Kier molecular flexibility index (Phi) is 2.77. The lowest BCUT2D eigenvalue weighted by Crippen LogP contribution is -2.15. The van der Waals surface area contributed by atoms with Gasteiger partial charge in [-0.15, -0.1) is 16.4 Å². The van der Waals surface area contributed by atoms with E-state index < -0.39 is 0 Å². The molecule has 1 N–H and O–H groups in total. The molecule has 0 radical (unpaired) electrons. The second-order valence-corrected chi connectivity index (χ2v) is 5.03. The van der Waals surface area contributed by atoms with Crippen molar-refractivity contribution >= 4 is 22.9 Å². The van der Waals surface area contributed by atoms with Crippen LogP contribution >= 0.6 is 22.9 Å². The Morgan fingerprint density at radius 1 is 1.22 bits per heavy atom. The van der Waals surface area contributed by atoms with E-state index in [1.807, 2.05) is 17.5 Å². The summed E-state index contributed by atoms with van der Waals surface area (Å²) in [6, 6.07) is 10.8. The van der Waals surface area contributed by atoms with E-state index in [9.17, 15) is 4.79 Å². The summed E-state index contributed by atoms with van der Waals surface area (Å²) in [6.07, 6.45) is 0. The maximum atomic E-state index is 11.8. The standard InChI is InChI=1S/C12H8ClN3OS/c13-8-3-5-9(6-4-8)16-12(17)14-11(15-16)10-2-1-7-18-10/h1-7H,(H,14,15,17). The summed E-state index contributed by atoms with van der Waals surface area (Å²) >= 11 is 7.34. The van der Waals surface area contributed by atoms with Crippen molar-refractivity contribution in [3.05, 3.63) is 57.3 Å². The molecule has 2 aromatic heterocycles. The quantitative estimate of drug-likeness (QED) is 0.783. The molecular weight excluding hydrogens is 270 g/mol. The van der Waals surface area contributed by atoms with Crippen LogP contribution in [-0.2, 0) is 0 Å². The normalized spacial score (nSPS) is 10.7. The van der Waals surface area contributed by atoms with Crippen LogP contribution in [0, 0.1) is 0 Å². The largest absolute Gasteiger partial charge is 0.348 e. The minimum atomic E-state index is -0.263. The number of aromatic amines is 1. The second kappa shape index (κ2) is 4.44. The average Bonchev–Trinajstić information content (AvgIpc) is 2.99. The van der Waals surface area contributed by atoms with Gasteiger partial charge in [-0.1, -0.05) is 17.7 Å². The SMILES string of the molecule is O=c1[nH]c(-c2cccs2)nn1-c1ccc(Cl)cc1. The lowest BCUT2D eigenvalue weighted by molar-refractivity contribution is 0.845. The summed E-state index contributed by atoms with van der Waals surface area (Å²) < 4.78 is 1.32. The first-order chi connectivity index (χ1) is 8.74. The van der Waals surface area contributed by atoms with Gasteiger partial charge in [-0.25, -0.2) is 4.79 Å². The summed E-state index contributed by atoms with van der Waals surface area (Å²) in [4.78, 5) is 15.5. The van der Waals surface area contributed by atoms with Crippen LogP contribution in [0.3, 0.4) is 0 Å². The molecule has 3 rings (SSSR count). The Balaban J connectivity index is 2.09. The third kappa shape index (κ3) is 1.98. The van der Waals surface area contributed by atoms with Gasteiger partial charge in [0.05, 0.1) is 10.6 Å². The van der Waals surface area contributed by atoms with Crippen LogP contribution in [0.5, 0.6) is 0 Å². The van der Waals surface area contributed by atoms with Crippen LogP contribution in [0.15, 0.2) is 46.6 Å². The van der Waals surface area contributed by atoms with Crippen molar-refractivity contribution in [2.45, 2.75) is 0 Å². The van der Waals surface area contributed by atoms with Gasteiger partial charge in [0.1, 0.15) is 0 Å². The predicted molar refractivity (Wildman–Crippen MR) is 72.5 cm³/mol. The van der Waals surface area contributed by atoms with E-state index >= 15 is 0 Å². The molecule has 3 aromatic rings. The summed E-state index contributed by atoms with van der Waals surface area (Å²) in [5, 5.41) is 6.83. The number of hydrogen-bond donors (Lipinski definition) is 1. The molecule has 0 fully saturated rings. The number of nitrogens with zero attached hydrogens (tertiary/aromatic N) is 2. The number of hydrogen-bond acceptors (Lipinski definition) is 3. The minimum absolute atomic E-state index is 0.263. The molecule has 4 nitrogen and oxygen atoms in total. The first-order valence-electron chi connectivity index (χ1n) is 5.23. The summed E-state index contributed by atoms with van der Waals surface area (Å²) in [5.74, 6) is 0.574. The topological polar surface area (TPSA) is 50.7 Å². The van der Waals surface area contributed by atoms with Crippen molar-refractivity contribution in [1.82, 2.24) is 14.8 Å². The monoisotopic (exact) mass is 277 g/mol. The molecular formula is C12H8ClN3OS. The fourth-order valence-corrected chi connectivity index (χ4v) is 2.40. The zero-order chi connectivity index (χ0) is 12.5. The maximum Gasteiger partial charge on any atom is 0.348 e. The smallest absolute Gasteiger partial charge is 0.288 e. The van der Waals surface area contributed by atoms with E-state index in [0.29, 0.717) is 16.5 Å². The molecule has 0 atom stereocenters. The van der Waals surface area contributed by atoms with Crippen molar-refractivity contribution in [2.24, 2.45) is 0 Å². The minimum Gasteiger partial charge on any atom is -0.288 e. The van der Waals surface area contributed by atoms with Gasteiger partial charge < -0.3 is 0 Å². The van der Waals surface area contributed by atoms with E-state index in [1.165, 1.54) is 16.0 Å². The molecule has 0 aliphatic rings. The highest BCUT2D eigenvalue weighted by atomic mass is 35.5. The number of benzene rings is 1. The van der Waals surface area contributed by atoms with Crippen molar-refractivity contribution in [3.8, 4) is 16.4 Å². The number of aromatic nitrogens is 3. The number of thiophene rings is 1.